The normalized spacial score (nSPS) is 46.6. The summed E-state index contributed by atoms with van der Waals surface area (Å²) in [4.78, 5) is 10.8. The van der Waals surface area contributed by atoms with Crippen LogP contribution in [-0.2, 0) is 14.3 Å². The summed E-state index contributed by atoms with van der Waals surface area (Å²) in [6.07, 6.45) is 1.70. The molecule has 4 nitrogen and oxygen atoms in total. The number of hydrogen-bond donors (Lipinski definition) is 1. The Morgan fingerprint density at radius 2 is 2.36 bits per heavy atom. The third kappa shape index (κ3) is 1.42. The van der Waals surface area contributed by atoms with Gasteiger partial charge in [0.05, 0.1) is 12.2 Å². The Morgan fingerprint density at radius 3 is 2.86 bits per heavy atom. The van der Waals surface area contributed by atoms with E-state index in [1.165, 1.54) is 0 Å². The molecule has 4 heteroatoms. The van der Waals surface area contributed by atoms with Crippen molar-refractivity contribution in [3.63, 3.8) is 0 Å². The number of epoxide rings is 1. The van der Waals surface area contributed by atoms with Gasteiger partial charge >= 0.3 is 5.97 Å². The molecule has 2 aliphatic heterocycles. The molecule has 2 heterocycles. The Bertz CT molecular complexity index is 265. The van der Waals surface area contributed by atoms with Crippen LogP contribution in [0.2, 0.25) is 0 Å². The molecule has 0 aromatic carbocycles. The average molecular weight is 200 g/mol. The fourth-order valence-corrected chi connectivity index (χ4v) is 2.27. The zero-order valence-corrected chi connectivity index (χ0v) is 8.58. The third-order valence-corrected chi connectivity index (χ3v) is 3.39. The summed E-state index contributed by atoms with van der Waals surface area (Å²) >= 11 is 0. The minimum absolute atomic E-state index is 0.206. The summed E-state index contributed by atoms with van der Waals surface area (Å²) in [5.74, 6) is -0.842. The van der Waals surface area contributed by atoms with Gasteiger partial charge in [-0.2, -0.15) is 0 Å². The first kappa shape index (κ1) is 9.93. The van der Waals surface area contributed by atoms with Crippen molar-refractivity contribution in [2.75, 3.05) is 6.61 Å². The van der Waals surface area contributed by atoms with E-state index >= 15 is 0 Å². The van der Waals surface area contributed by atoms with Crippen LogP contribution in [0.4, 0.5) is 0 Å². The monoisotopic (exact) mass is 200 g/mol. The predicted molar refractivity (Wildman–Crippen MR) is 49.1 cm³/mol. The molecule has 80 valence electrons. The summed E-state index contributed by atoms with van der Waals surface area (Å²) in [5.41, 5.74) is -0.628. The van der Waals surface area contributed by atoms with Gasteiger partial charge in [0, 0.05) is 12.8 Å². The van der Waals surface area contributed by atoms with Crippen LogP contribution in [0.1, 0.15) is 33.1 Å². The summed E-state index contributed by atoms with van der Waals surface area (Å²) in [6, 6.07) is 0. The predicted octanol–water partition coefficient (Wildman–Crippen LogP) is 1.19. The summed E-state index contributed by atoms with van der Waals surface area (Å²) in [5, 5.41) is 8.85. The molecule has 0 aromatic heterocycles. The lowest BCUT2D eigenvalue weighted by Crippen LogP contribution is -2.42. The van der Waals surface area contributed by atoms with Crippen molar-refractivity contribution in [3.05, 3.63) is 0 Å². The molecule has 0 aromatic rings. The highest BCUT2D eigenvalue weighted by atomic mass is 16.6. The molecule has 2 rings (SSSR count). The van der Waals surface area contributed by atoms with Crippen LogP contribution in [-0.4, -0.2) is 35.0 Å². The molecular weight excluding hydrogens is 184 g/mol. The standard InChI is InChI=1S/C10H16O4/c1-3-9(2)6-10(4-5-13-9)7(14-10)8(11)12/h7H,3-6H2,1-2H3,(H,11,12). The molecule has 3 unspecified atom stereocenters. The van der Waals surface area contributed by atoms with Crippen LogP contribution >= 0.6 is 0 Å². The van der Waals surface area contributed by atoms with Gasteiger partial charge in [-0.25, -0.2) is 4.79 Å². The largest absolute Gasteiger partial charge is 0.479 e. The number of carbonyl (C=O) groups is 1. The smallest absolute Gasteiger partial charge is 0.335 e. The molecule has 2 aliphatic rings. The number of hydrogen-bond acceptors (Lipinski definition) is 3. The lowest BCUT2D eigenvalue weighted by atomic mass is 9.83. The van der Waals surface area contributed by atoms with Gasteiger partial charge in [0.25, 0.3) is 0 Å². The molecular formula is C10H16O4. The molecule has 0 aliphatic carbocycles. The summed E-state index contributed by atoms with van der Waals surface area (Å²) in [6.45, 7) is 4.68. The van der Waals surface area contributed by atoms with Crippen molar-refractivity contribution >= 4 is 5.97 Å². The second-order valence-electron chi connectivity index (χ2n) is 4.48. The van der Waals surface area contributed by atoms with Crippen molar-refractivity contribution < 1.29 is 19.4 Å². The van der Waals surface area contributed by atoms with Crippen LogP contribution in [0.25, 0.3) is 0 Å². The first-order valence-corrected chi connectivity index (χ1v) is 5.06. The van der Waals surface area contributed by atoms with E-state index in [0.29, 0.717) is 19.4 Å². The summed E-state index contributed by atoms with van der Waals surface area (Å²) in [7, 11) is 0. The van der Waals surface area contributed by atoms with E-state index < -0.39 is 17.7 Å². The van der Waals surface area contributed by atoms with E-state index in [2.05, 4.69) is 6.92 Å². The van der Waals surface area contributed by atoms with E-state index in [4.69, 9.17) is 14.6 Å². The first-order valence-electron chi connectivity index (χ1n) is 5.06. The second-order valence-corrected chi connectivity index (χ2v) is 4.48. The Balaban J connectivity index is 2.06. The van der Waals surface area contributed by atoms with Gasteiger partial charge in [-0.05, 0) is 13.3 Å². The molecule has 2 fully saturated rings. The highest BCUT2D eigenvalue weighted by Crippen LogP contribution is 2.50. The highest BCUT2D eigenvalue weighted by Gasteiger charge is 2.64. The first-order chi connectivity index (χ1) is 6.51. The van der Waals surface area contributed by atoms with E-state index in [1.807, 2.05) is 6.92 Å². The molecule has 0 saturated carbocycles. The lowest BCUT2D eigenvalue weighted by molar-refractivity contribution is -0.138. The lowest BCUT2D eigenvalue weighted by Gasteiger charge is -2.36. The highest BCUT2D eigenvalue weighted by molar-refractivity contribution is 5.77. The van der Waals surface area contributed by atoms with Crippen molar-refractivity contribution in [1.29, 1.82) is 0 Å². The van der Waals surface area contributed by atoms with E-state index in [9.17, 15) is 4.79 Å². The zero-order chi connectivity index (χ0) is 10.4. The van der Waals surface area contributed by atoms with Crippen molar-refractivity contribution in [2.24, 2.45) is 0 Å². The Hall–Kier alpha value is -0.610. The van der Waals surface area contributed by atoms with Crippen LogP contribution in [0.5, 0.6) is 0 Å². The van der Waals surface area contributed by atoms with E-state index in [0.717, 1.165) is 6.42 Å². The van der Waals surface area contributed by atoms with Crippen LogP contribution < -0.4 is 0 Å². The fraction of sp³-hybridized carbons (Fsp3) is 0.900. The minimum atomic E-state index is -0.842. The van der Waals surface area contributed by atoms with Crippen molar-refractivity contribution in [3.8, 4) is 0 Å². The number of aliphatic carboxylic acids is 1. The maximum absolute atomic E-state index is 10.8. The van der Waals surface area contributed by atoms with Crippen LogP contribution in [0, 0.1) is 0 Å². The van der Waals surface area contributed by atoms with Crippen LogP contribution in [0.3, 0.4) is 0 Å². The van der Waals surface area contributed by atoms with E-state index in [1.54, 1.807) is 0 Å². The SMILES string of the molecule is CCC1(C)CC2(CCO1)OC2C(=O)O. The molecule has 14 heavy (non-hydrogen) atoms. The van der Waals surface area contributed by atoms with Crippen LogP contribution in [0.15, 0.2) is 0 Å². The number of ether oxygens (including phenoxy) is 2. The Kier molecular flexibility index (Phi) is 2.08. The maximum atomic E-state index is 10.8. The van der Waals surface area contributed by atoms with Crippen molar-refractivity contribution in [2.45, 2.75) is 50.4 Å². The Labute approximate surface area is 83.2 Å². The molecule has 1 spiro atoms. The molecule has 1 N–H and O–H groups in total. The van der Waals surface area contributed by atoms with E-state index in [-0.39, 0.29) is 5.60 Å². The topological polar surface area (TPSA) is 59.1 Å². The quantitative estimate of drug-likeness (QED) is 0.680. The van der Waals surface area contributed by atoms with Gasteiger partial charge in [0.2, 0.25) is 0 Å². The molecule has 3 atom stereocenters. The zero-order valence-electron chi connectivity index (χ0n) is 8.58. The second kappa shape index (κ2) is 2.94. The third-order valence-electron chi connectivity index (χ3n) is 3.39. The molecule has 0 amide bonds. The maximum Gasteiger partial charge on any atom is 0.335 e. The van der Waals surface area contributed by atoms with Gasteiger partial charge in [0.1, 0.15) is 5.60 Å². The van der Waals surface area contributed by atoms with Gasteiger partial charge in [0.15, 0.2) is 6.10 Å². The fourth-order valence-electron chi connectivity index (χ4n) is 2.27. The van der Waals surface area contributed by atoms with Gasteiger partial charge in [-0.3, -0.25) is 0 Å². The minimum Gasteiger partial charge on any atom is -0.479 e. The number of carboxylic acid groups (broad SMARTS) is 1. The van der Waals surface area contributed by atoms with Crippen molar-refractivity contribution in [1.82, 2.24) is 0 Å². The molecule has 0 bridgehead atoms. The van der Waals surface area contributed by atoms with Gasteiger partial charge < -0.3 is 14.6 Å². The van der Waals surface area contributed by atoms with Gasteiger partial charge in [-0.1, -0.05) is 6.92 Å². The number of rotatable bonds is 2. The number of carboxylic acids is 1. The molecule has 0 radical (unpaired) electrons. The van der Waals surface area contributed by atoms with Gasteiger partial charge in [-0.15, -0.1) is 0 Å². The Morgan fingerprint density at radius 1 is 1.64 bits per heavy atom. The average Bonchev–Trinajstić information content (AvgIpc) is 2.79. The molecule has 2 saturated heterocycles. The summed E-state index contributed by atoms with van der Waals surface area (Å²) < 4.78 is 11.0.